The van der Waals surface area contributed by atoms with Gasteiger partial charge in [0.15, 0.2) is 11.5 Å². The first kappa shape index (κ1) is 15.2. The van der Waals surface area contributed by atoms with Crippen molar-refractivity contribution in [1.29, 1.82) is 0 Å². The van der Waals surface area contributed by atoms with Crippen LogP contribution in [0.25, 0.3) is 22.6 Å². The number of nitrogens with one attached hydrogen (secondary N) is 1. The van der Waals surface area contributed by atoms with Crippen LogP contribution >= 0.6 is 0 Å². The largest absolute Gasteiger partial charge is 0.461 e. The van der Waals surface area contributed by atoms with Gasteiger partial charge in [-0.05, 0) is 36.8 Å². The van der Waals surface area contributed by atoms with Crippen LogP contribution in [0.15, 0.2) is 64.0 Å². The molecule has 0 bridgehead atoms. The van der Waals surface area contributed by atoms with Gasteiger partial charge >= 0.3 is 0 Å². The fraction of sp³-hybridized carbons (Fsp3) is 0.167. The molecule has 0 fully saturated rings. The third-order valence-electron chi connectivity index (χ3n) is 3.89. The molecule has 0 radical (unpaired) electrons. The van der Waals surface area contributed by atoms with Gasteiger partial charge in [0.1, 0.15) is 5.65 Å². The molecule has 7 nitrogen and oxygen atoms in total. The average Bonchev–Trinajstić information content (AvgIpc) is 3.38. The highest BCUT2D eigenvalue weighted by molar-refractivity contribution is 5.92. The fourth-order valence-electron chi connectivity index (χ4n) is 2.66. The van der Waals surface area contributed by atoms with Crippen molar-refractivity contribution < 1.29 is 13.7 Å². The van der Waals surface area contributed by atoms with Gasteiger partial charge in [-0.2, -0.15) is 0 Å². The summed E-state index contributed by atoms with van der Waals surface area (Å²) in [5.41, 5.74) is 1.19. The number of fused-ring (bicyclic) bond motifs is 1. The van der Waals surface area contributed by atoms with Crippen LogP contribution < -0.4 is 5.32 Å². The normalized spacial score (nSPS) is 11.0. The van der Waals surface area contributed by atoms with Gasteiger partial charge in [0, 0.05) is 36.9 Å². The summed E-state index contributed by atoms with van der Waals surface area (Å²) in [6.07, 6.45) is 6.11. The van der Waals surface area contributed by atoms with Gasteiger partial charge < -0.3 is 18.8 Å². The van der Waals surface area contributed by atoms with E-state index >= 15 is 0 Å². The lowest BCUT2D eigenvalue weighted by Gasteiger charge is -2.05. The fourth-order valence-corrected chi connectivity index (χ4v) is 2.66. The van der Waals surface area contributed by atoms with E-state index in [2.05, 4.69) is 20.0 Å². The molecular formula is C18H16N4O3. The number of nitrogens with zero attached hydrogens (tertiary/aromatic N) is 3. The van der Waals surface area contributed by atoms with Gasteiger partial charge in [0.05, 0.1) is 6.26 Å². The van der Waals surface area contributed by atoms with Crippen LogP contribution in [0.2, 0.25) is 0 Å². The molecule has 0 atom stereocenters. The smallest absolute Gasteiger partial charge is 0.273 e. The molecule has 0 aliphatic rings. The summed E-state index contributed by atoms with van der Waals surface area (Å²) in [6.45, 7) is 1.31. The molecule has 4 rings (SSSR count). The van der Waals surface area contributed by atoms with Crippen molar-refractivity contribution in [1.82, 2.24) is 20.0 Å². The Hall–Kier alpha value is -3.35. The highest BCUT2D eigenvalue weighted by Crippen LogP contribution is 2.20. The van der Waals surface area contributed by atoms with Crippen LogP contribution in [0.5, 0.6) is 0 Å². The van der Waals surface area contributed by atoms with E-state index in [1.807, 2.05) is 24.4 Å². The average molecular weight is 336 g/mol. The molecule has 0 aromatic carbocycles. The summed E-state index contributed by atoms with van der Waals surface area (Å²) in [4.78, 5) is 16.5. The van der Waals surface area contributed by atoms with Crippen molar-refractivity contribution >= 4 is 16.9 Å². The summed E-state index contributed by atoms with van der Waals surface area (Å²) < 4.78 is 12.4. The lowest BCUT2D eigenvalue weighted by molar-refractivity contribution is 0.0944. The minimum Gasteiger partial charge on any atom is -0.461 e. The second-order valence-electron chi connectivity index (χ2n) is 5.59. The molecule has 0 unspecified atom stereocenters. The number of hydrogen-bond donors (Lipinski definition) is 1. The summed E-state index contributed by atoms with van der Waals surface area (Å²) >= 11 is 0. The number of hydrogen-bond acceptors (Lipinski definition) is 5. The quantitative estimate of drug-likeness (QED) is 0.547. The second kappa shape index (κ2) is 6.64. The number of aryl methyl sites for hydroxylation is 1. The lowest BCUT2D eigenvalue weighted by Crippen LogP contribution is -2.25. The standard InChI is InChI=1S/C18H16N4O3/c23-18(14-12-16(25-21-14)15-5-2-11-24-15)20-8-3-9-22-10-6-13-4-1-7-19-17(13)22/h1-2,4-7,10-12H,3,8-9H2,(H,20,23). The van der Waals surface area contributed by atoms with Crippen LogP contribution in [0.3, 0.4) is 0 Å². The summed E-state index contributed by atoms with van der Waals surface area (Å²) in [7, 11) is 0. The molecular weight excluding hydrogens is 320 g/mol. The van der Waals surface area contributed by atoms with Crippen LogP contribution in [0, 0.1) is 0 Å². The van der Waals surface area contributed by atoms with Crippen molar-refractivity contribution in [2.24, 2.45) is 0 Å². The van der Waals surface area contributed by atoms with Gasteiger partial charge in [0.25, 0.3) is 5.91 Å². The number of carbonyl (C=O) groups is 1. The number of pyridine rings is 1. The third-order valence-corrected chi connectivity index (χ3v) is 3.89. The zero-order valence-corrected chi connectivity index (χ0v) is 13.4. The molecule has 0 saturated heterocycles. The maximum Gasteiger partial charge on any atom is 0.273 e. The molecule has 0 aliphatic carbocycles. The number of aromatic nitrogens is 3. The first-order chi connectivity index (χ1) is 12.3. The number of carbonyl (C=O) groups excluding carboxylic acids is 1. The van der Waals surface area contributed by atoms with E-state index in [-0.39, 0.29) is 11.6 Å². The van der Waals surface area contributed by atoms with Crippen molar-refractivity contribution in [2.45, 2.75) is 13.0 Å². The van der Waals surface area contributed by atoms with Gasteiger partial charge in [-0.3, -0.25) is 4.79 Å². The Bertz CT molecular complexity index is 985. The van der Waals surface area contributed by atoms with Crippen molar-refractivity contribution in [3.63, 3.8) is 0 Å². The molecule has 1 N–H and O–H groups in total. The zero-order valence-electron chi connectivity index (χ0n) is 13.4. The maximum absolute atomic E-state index is 12.1. The Morgan fingerprint density at radius 1 is 1.20 bits per heavy atom. The highest BCUT2D eigenvalue weighted by Gasteiger charge is 2.14. The van der Waals surface area contributed by atoms with Crippen LogP contribution in [0.1, 0.15) is 16.9 Å². The molecule has 7 heteroatoms. The van der Waals surface area contributed by atoms with Gasteiger partial charge in [-0.15, -0.1) is 0 Å². The molecule has 0 saturated carbocycles. The van der Waals surface area contributed by atoms with Crippen molar-refractivity contribution in [3.05, 3.63) is 60.7 Å². The van der Waals surface area contributed by atoms with Crippen LogP contribution in [0.4, 0.5) is 0 Å². The van der Waals surface area contributed by atoms with E-state index in [9.17, 15) is 4.79 Å². The Balaban J connectivity index is 1.30. The van der Waals surface area contributed by atoms with E-state index in [1.54, 1.807) is 24.4 Å². The maximum atomic E-state index is 12.1. The van der Waals surface area contributed by atoms with Gasteiger partial charge in [0.2, 0.25) is 5.76 Å². The molecule has 4 aromatic heterocycles. The van der Waals surface area contributed by atoms with Crippen LogP contribution in [-0.2, 0) is 6.54 Å². The van der Waals surface area contributed by atoms with E-state index in [4.69, 9.17) is 8.94 Å². The minimum absolute atomic E-state index is 0.236. The predicted octanol–water partition coefficient (Wildman–Crippen LogP) is 3.10. The number of rotatable bonds is 6. The Labute approximate surface area is 143 Å². The first-order valence-electron chi connectivity index (χ1n) is 8.00. The summed E-state index contributed by atoms with van der Waals surface area (Å²) in [5, 5.41) is 7.73. The predicted molar refractivity (Wildman–Crippen MR) is 90.9 cm³/mol. The Morgan fingerprint density at radius 2 is 2.16 bits per heavy atom. The molecule has 1 amide bonds. The molecule has 126 valence electrons. The van der Waals surface area contributed by atoms with E-state index < -0.39 is 0 Å². The molecule has 4 aromatic rings. The number of amides is 1. The third kappa shape index (κ3) is 3.16. The highest BCUT2D eigenvalue weighted by atomic mass is 16.5. The lowest BCUT2D eigenvalue weighted by atomic mass is 10.3. The van der Waals surface area contributed by atoms with Crippen LogP contribution in [-0.4, -0.2) is 27.2 Å². The van der Waals surface area contributed by atoms with Crippen molar-refractivity contribution in [2.75, 3.05) is 6.54 Å². The van der Waals surface area contributed by atoms with E-state index in [1.165, 1.54) is 6.26 Å². The van der Waals surface area contributed by atoms with Crippen molar-refractivity contribution in [3.8, 4) is 11.5 Å². The Kier molecular flexibility index (Phi) is 4.04. The molecule has 25 heavy (non-hydrogen) atoms. The SMILES string of the molecule is O=C(NCCCn1ccc2cccnc21)c1cc(-c2ccco2)on1. The van der Waals surface area contributed by atoms with Gasteiger partial charge in [-0.25, -0.2) is 4.98 Å². The monoisotopic (exact) mass is 336 g/mol. The number of furan rings is 1. The molecule has 0 spiro atoms. The minimum atomic E-state index is -0.267. The van der Waals surface area contributed by atoms with E-state index in [0.29, 0.717) is 18.1 Å². The molecule has 4 heterocycles. The summed E-state index contributed by atoms with van der Waals surface area (Å²) in [5.74, 6) is 0.704. The summed E-state index contributed by atoms with van der Waals surface area (Å²) in [6, 6.07) is 11.0. The second-order valence-corrected chi connectivity index (χ2v) is 5.59. The molecule has 0 aliphatic heterocycles. The zero-order chi connectivity index (χ0) is 17.1. The Morgan fingerprint density at radius 3 is 3.04 bits per heavy atom. The first-order valence-corrected chi connectivity index (χ1v) is 8.00. The topological polar surface area (TPSA) is 86.1 Å². The van der Waals surface area contributed by atoms with E-state index in [0.717, 1.165) is 24.0 Å². The van der Waals surface area contributed by atoms with Gasteiger partial charge in [-0.1, -0.05) is 5.16 Å².